The van der Waals surface area contributed by atoms with Crippen molar-refractivity contribution in [2.24, 2.45) is 0 Å². The van der Waals surface area contributed by atoms with Gasteiger partial charge < -0.3 is 15.0 Å². The Kier molecular flexibility index (Phi) is 3.23. The molecule has 2 rings (SSSR count). The van der Waals surface area contributed by atoms with Gasteiger partial charge in [-0.1, -0.05) is 6.92 Å². The van der Waals surface area contributed by atoms with Gasteiger partial charge in [0.25, 0.3) is 5.91 Å². The van der Waals surface area contributed by atoms with Crippen LogP contribution in [0.15, 0.2) is 18.2 Å². The minimum atomic E-state index is -0.474. The minimum Gasteiger partial charge on any atom is -0.479 e. The summed E-state index contributed by atoms with van der Waals surface area (Å²) in [6.07, 6.45) is -0.0575. The van der Waals surface area contributed by atoms with E-state index in [4.69, 9.17) is 4.74 Å². The molecular formula is C13H16N2O3. The van der Waals surface area contributed by atoms with Crippen molar-refractivity contribution in [3.05, 3.63) is 18.2 Å². The van der Waals surface area contributed by atoms with Crippen molar-refractivity contribution < 1.29 is 14.3 Å². The summed E-state index contributed by atoms with van der Waals surface area (Å²) in [4.78, 5) is 24.7. The van der Waals surface area contributed by atoms with Crippen LogP contribution in [0.25, 0.3) is 0 Å². The minimum absolute atomic E-state index is 0.0611. The Labute approximate surface area is 106 Å². The van der Waals surface area contributed by atoms with E-state index in [-0.39, 0.29) is 11.8 Å². The van der Waals surface area contributed by atoms with E-state index in [2.05, 4.69) is 5.32 Å². The number of carbonyl (C=O) groups is 2. The van der Waals surface area contributed by atoms with Crippen LogP contribution in [0.3, 0.4) is 0 Å². The number of nitrogens with one attached hydrogen (secondary N) is 1. The summed E-state index contributed by atoms with van der Waals surface area (Å²) in [5, 5.41) is 2.76. The monoisotopic (exact) mass is 248 g/mol. The van der Waals surface area contributed by atoms with Gasteiger partial charge in [-0.15, -0.1) is 0 Å². The van der Waals surface area contributed by atoms with E-state index >= 15 is 0 Å². The number of nitrogens with zero attached hydrogens (tertiary/aromatic N) is 1. The average molecular weight is 248 g/mol. The molecule has 1 aromatic rings. The smallest absolute Gasteiger partial charge is 0.267 e. The third-order valence-electron chi connectivity index (χ3n) is 2.91. The number of amides is 2. The van der Waals surface area contributed by atoms with Crippen molar-refractivity contribution in [1.29, 1.82) is 0 Å². The number of hydrogen-bond donors (Lipinski definition) is 1. The molecule has 5 heteroatoms. The second-order valence-corrected chi connectivity index (χ2v) is 4.24. The molecule has 1 heterocycles. The van der Waals surface area contributed by atoms with Crippen molar-refractivity contribution in [2.45, 2.75) is 26.4 Å². The lowest BCUT2D eigenvalue weighted by Gasteiger charge is -2.30. The zero-order chi connectivity index (χ0) is 13.3. The van der Waals surface area contributed by atoms with Crippen molar-refractivity contribution in [1.82, 2.24) is 0 Å². The summed E-state index contributed by atoms with van der Waals surface area (Å²) in [6, 6.07) is 5.27. The summed E-state index contributed by atoms with van der Waals surface area (Å²) >= 11 is 0. The zero-order valence-corrected chi connectivity index (χ0v) is 10.7. The van der Waals surface area contributed by atoms with E-state index in [0.717, 1.165) is 0 Å². The third-order valence-corrected chi connectivity index (χ3v) is 2.91. The standard InChI is InChI=1S/C13H16N2O3/c1-4-12(16)14-9-5-6-11-10(7-9)15(3)13(17)8(2)18-11/h5-8H,4H2,1-3H3,(H,14,16). The summed E-state index contributed by atoms with van der Waals surface area (Å²) in [5.74, 6) is 0.495. The molecule has 1 atom stereocenters. The van der Waals surface area contributed by atoms with Crippen LogP contribution in [0.4, 0.5) is 11.4 Å². The second-order valence-electron chi connectivity index (χ2n) is 4.24. The van der Waals surface area contributed by atoms with Gasteiger partial charge in [-0.05, 0) is 25.1 Å². The Balaban J connectivity index is 2.31. The highest BCUT2D eigenvalue weighted by Crippen LogP contribution is 2.35. The molecule has 96 valence electrons. The van der Waals surface area contributed by atoms with Gasteiger partial charge in [0.2, 0.25) is 5.91 Å². The number of rotatable bonds is 2. The second kappa shape index (κ2) is 4.68. The van der Waals surface area contributed by atoms with Gasteiger partial charge in [0, 0.05) is 19.2 Å². The predicted octanol–water partition coefficient (Wildman–Crippen LogP) is 1.78. The fourth-order valence-corrected chi connectivity index (χ4v) is 1.84. The van der Waals surface area contributed by atoms with Crippen molar-refractivity contribution in [3.8, 4) is 5.75 Å². The molecule has 2 amide bonds. The van der Waals surface area contributed by atoms with Gasteiger partial charge in [-0.3, -0.25) is 9.59 Å². The van der Waals surface area contributed by atoms with Gasteiger partial charge in [-0.25, -0.2) is 0 Å². The SMILES string of the molecule is CCC(=O)Nc1ccc2c(c1)N(C)C(=O)C(C)O2. The number of benzene rings is 1. The van der Waals surface area contributed by atoms with E-state index in [1.807, 2.05) is 0 Å². The maximum atomic E-state index is 11.8. The molecule has 1 unspecified atom stereocenters. The number of hydrogen-bond acceptors (Lipinski definition) is 3. The van der Waals surface area contributed by atoms with Gasteiger partial charge in [0.05, 0.1) is 5.69 Å². The molecule has 1 aliphatic rings. The molecular weight excluding hydrogens is 232 g/mol. The topological polar surface area (TPSA) is 58.6 Å². The van der Waals surface area contributed by atoms with Crippen LogP contribution >= 0.6 is 0 Å². The van der Waals surface area contributed by atoms with Crippen molar-refractivity contribution in [3.63, 3.8) is 0 Å². The van der Waals surface area contributed by atoms with Gasteiger partial charge >= 0.3 is 0 Å². The van der Waals surface area contributed by atoms with E-state index < -0.39 is 6.10 Å². The fourth-order valence-electron chi connectivity index (χ4n) is 1.84. The maximum absolute atomic E-state index is 11.8. The average Bonchev–Trinajstić information content (AvgIpc) is 2.37. The van der Waals surface area contributed by atoms with Crippen LogP contribution in [-0.2, 0) is 9.59 Å². The number of carbonyl (C=O) groups excluding carboxylic acids is 2. The number of anilines is 2. The fraction of sp³-hybridized carbons (Fsp3) is 0.385. The molecule has 0 radical (unpaired) electrons. The Morgan fingerprint density at radius 2 is 2.22 bits per heavy atom. The van der Waals surface area contributed by atoms with Crippen LogP contribution in [0.2, 0.25) is 0 Å². The molecule has 0 spiro atoms. The lowest BCUT2D eigenvalue weighted by molar-refractivity contribution is -0.125. The van der Waals surface area contributed by atoms with E-state index in [1.165, 1.54) is 0 Å². The first-order valence-electron chi connectivity index (χ1n) is 5.91. The molecule has 1 aliphatic heterocycles. The summed E-state index contributed by atoms with van der Waals surface area (Å²) in [7, 11) is 1.70. The largest absolute Gasteiger partial charge is 0.479 e. The molecule has 5 nitrogen and oxygen atoms in total. The lowest BCUT2D eigenvalue weighted by atomic mass is 10.2. The summed E-state index contributed by atoms with van der Waals surface area (Å²) in [5.41, 5.74) is 1.34. The highest BCUT2D eigenvalue weighted by molar-refractivity contribution is 6.00. The highest BCUT2D eigenvalue weighted by Gasteiger charge is 2.28. The molecule has 0 saturated heterocycles. The zero-order valence-electron chi connectivity index (χ0n) is 10.7. The Morgan fingerprint density at radius 1 is 1.50 bits per heavy atom. The first kappa shape index (κ1) is 12.4. The lowest BCUT2D eigenvalue weighted by Crippen LogP contribution is -2.41. The summed E-state index contributed by atoms with van der Waals surface area (Å²) < 4.78 is 5.50. The number of fused-ring (bicyclic) bond motifs is 1. The molecule has 1 N–H and O–H groups in total. The molecule has 0 aliphatic carbocycles. The van der Waals surface area contributed by atoms with Crippen molar-refractivity contribution >= 4 is 23.2 Å². The maximum Gasteiger partial charge on any atom is 0.267 e. The molecule has 0 bridgehead atoms. The summed E-state index contributed by atoms with van der Waals surface area (Å²) in [6.45, 7) is 3.50. The number of likely N-dealkylation sites (N-methyl/N-ethyl adjacent to an activating group) is 1. The van der Waals surface area contributed by atoms with Crippen LogP contribution in [0.5, 0.6) is 5.75 Å². The number of ether oxygens (including phenoxy) is 1. The van der Waals surface area contributed by atoms with Crippen LogP contribution in [-0.4, -0.2) is 25.0 Å². The van der Waals surface area contributed by atoms with Crippen molar-refractivity contribution in [2.75, 3.05) is 17.3 Å². The predicted molar refractivity (Wildman–Crippen MR) is 68.9 cm³/mol. The van der Waals surface area contributed by atoms with Gasteiger partial charge in [-0.2, -0.15) is 0 Å². The molecule has 0 aromatic heterocycles. The normalized spacial score (nSPS) is 18.1. The molecule has 0 fully saturated rings. The van der Waals surface area contributed by atoms with Crippen LogP contribution in [0, 0.1) is 0 Å². The quantitative estimate of drug-likeness (QED) is 0.867. The van der Waals surface area contributed by atoms with E-state index in [9.17, 15) is 9.59 Å². The first-order chi connectivity index (χ1) is 8.52. The molecule has 18 heavy (non-hydrogen) atoms. The Morgan fingerprint density at radius 3 is 2.89 bits per heavy atom. The first-order valence-corrected chi connectivity index (χ1v) is 5.91. The van der Waals surface area contributed by atoms with Crippen LogP contribution in [0.1, 0.15) is 20.3 Å². The van der Waals surface area contributed by atoms with E-state index in [1.54, 1.807) is 44.0 Å². The van der Waals surface area contributed by atoms with Gasteiger partial charge in [0.1, 0.15) is 5.75 Å². The molecule has 1 aromatic carbocycles. The third kappa shape index (κ3) is 2.16. The Bertz CT molecular complexity index is 499. The van der Waals surface area contributed by atoms with Crippen LogP contribution < -0.4 is 15.0 Å². The van der Waals surface area contributed by atoms with E-state index in [0.29, 0.717) is 23.5 Å². The Hall–Kier alpha value is -2.04. The van der Waals surface area contributed by atoms with Gasteiger partial charge in [0.15, 0.2) is 6.10 Å². The highest BCUT2D eigenvalue weighted by atomic mass is 16.5. The molecule has 0 saturated carbocycles.